The van der Waals surface area contributed by atoms with E-state index in [4.69, 9.17) is 9.47 Å². The third-order valence-corrected chi connectivity index (χ3v) is 10.7. The number of fused-ring (bicyclic) bond motifs is 3. The molecule has 0 radical (unpaired) electrons. The van der Waals surface area contributed by atoms with E-state index < -0.39 is 0 Å². The lowest BCUT2D eigenvalue weighted by Crippen LogP contribution is -2.53. The Morgan fingerprint density at radius 3 is 2.21 bits per heavy atom. The first-order chi connectivity index (χ1) is 15.6. The van der Waals surface area contributed by atoms with Gasteiger partial charge < -0.3 is 9.47 Å². The molecule has 0 heterocycles. The van der Waals surface area contributed by atoms with Crippen LogP contribution in [0.3, 0.4) is 0 Å². The lowest BCUT2D eigenvalue weighted by atomic mass is 9.45. The summed E-state index contributed by atoms with van der Waals surface area (Å²) in [6, 6.07) is 0. The van der Waals surface area contributed by atoms with Crippen LogP contribution in [0.5, 0.6) is 0 Å². The van der Waals surface area contributed by atoms with E-state index in [-0.39, 0.29) is 23.3 Å². The molecule has 0 aromatic heterocycles. The summed E-state index contributed by atoms with van der Waals surface area (Å²) in [6.07, 6.45) is 12.3. The van der Waals surface area contributed by atoms with Crippen molar-refractivity contribution in [3.63, 3.8) is 0 Å². The van der Waals surface area contributed by atoms with Crippen molar-refractivity contribution in [2.24, 2.45) is 52.3 Å². The summed E-state index contributed by atoms with van der Waals surface area (Å²) in [4.78, 5) is 24.7. The topological polar surface area (TPSA) is 52.6 Å². The zero-order chi connectivity index (χ0) is 24.4. The molecule has 0 spiro atoms. The highest BCUT2D eigenvalue weighted by Gasteiger charge is 2.60. The molecule has 33 heavy (non-hydrogen) atoms. The van der Waals surface area contributed by atoms with Crippen LogP contribution in [-0.4, -0.2) is 26.2 Å². The molecule has 0 amide bonds. The minimum atomic E-state index is -0.188. The minimum absolute atomic E-state index is 0.135. The maximum Gasteiger partial charge on any atom is 0.306 e. The first-order valence-electron chi connectivity index (χ1n) is 13.7. The summed E-state index contributed by atoms with van der Waals surface area (Å²) in [6.45, 7) is 12.1. The van der Waals surface area contributed by atoms with Crippen molar-refractivity contribution in [3.8, 4) is 0 Å². The van der Waals surface area contributed by atoms with Crippen LogP contribution in [0.2, 0.25) is 0 Å². The van der Waals surface area contributed by atoms with Crippen molar-refractivity contribution in [2.45, 2.75) is 105 Å². The molecule has 0 unspecified atom stereocenters. The van der Waals surface area contributed by atoms with Gasteiger partial charge in [-0.15, -0.1) is 0 Å². The number of carbonyl (C=O) groups excluding carboxylic acids is 2. The fourth-order valence-corrected chi connectivity index (χ4v) is 8.84. The second-order valence-electron chi connectivity index (χ2n) is 12.7. The van der Waals surface area contributed by atoms with Crippen LogP contribution in [0.1, 0.15) is 105 Å². The van der Waals surface area contributed by atoms with E-state index in [1.54, 1.807) is 0 Å². The molecular weight excluding hydrogens is 412 g/mol. The van der Waals surface area contributed by atoms with Gasteiger partial charge in [-0.25, -0.2) is 0 Å². The first-order valence-corrected chi connectivity index (χ1v) is 13.7. The number of carbonyl (C=O) groups is 2. The van der Waals surface area contributed by atoms with Crippen LogP contribution in [0.25, 0.3) is 0 Å². The second-order valence-corrected chi connectivity index (χ2v) is 12.7. The van der Waals surface area contributed by atoms with Gasteiger partial charge in [0.2, 0.25) is 0 Å². The van der Waals surface area contributed by atoms with Gasteiger partial charge in [-0.1, -0.05) is 53.9 Å². The van der Waals surface area contributed by atoms with E-state index in [0.717, 1.165) is 30.1 Å². The molecular formula is C29H50O4. The van der Waals surface area contributed by atoms with E-state index in [2.05, 4.69) is 34.6 Å². The van der Waals surface area contributed by atoms with Crippen LogP contribution in [0, 0.1) is 52.3 Å². The number of ether oxygens (including phenoxy) is 2. The fourth-order valence-electron chi connectivity index (χ4n) is 8.84. The highest BCUT2D eigenvalue weighted by atomic mass is 16.5. The Bertz CT molecular complexity index is 687. The van der Waals surface area contributed by atoms with Crippen molar-refractivity contribution in [3.05, 3.63) is 0 Å². The zero-order valence-electron chi connectivity index (χ0n) is 22.5. The lowest BCUT2D eigenvalue weighted by Gasteiger charge is -2.59. The third kappa shape index (κ3) is 5.30. The summed E-state index contributed by atoms with van der Waals surface area (Å²) in [5.74, 6) is 4.26. The van der Waals surface area contributed by atoms with Crippen molar-refractivity contribution in [2.75, 3.05) is 14.2 Å². The van der Waals surface area contributed by atoms with Gasteiger partial charge >= 0.3 is 11.9 Å². The standard InChI is InChI=1S/C29H50O4/c1-19(2)9-8-10-20(3)23-13-14-24-22-12-11-21(17-26(30)32-6)29(5,18-27(31)33-7)25(22)15-16-28(23,24)4/h19-25H,8-18H2,1-7H3/t20-,21+,22-,23-,24+,25+,28+,29+/m1/s1. The summed E-state index contributed by atoms with van der Waals surface area (Å²) in [5.41, 5.74) is 0.242. The average Bonchev–Trinajstić information content (AvgIpc) is 3.12. The molecule has 3 fully saturated rings. The summed E-state index contributed by atoms with van der Waals surface area (Å²) in [5, 5.41) is 0. The van der Waals surface area contributed by atoms with Crippen LogP contribution in [0.15, 0.2) is 0 Å². The molecule has 0 N–H and O–H groups in total. The first kappa shape index (κ1) is 26.5. The summed E-state index contributed by atoms with van der Waals surface area (Å²) in [7, 11) is 2.96. The molecule has 0 aliphatic heterocycles. The molecule has 3 aliphatic carbocycles. The smallest absolute Gasteiger partial charge is 0.306 e. The molecule has 3 saturated carbocycles. The fraction of sp³-hybridized carbons (Fsp3) is 0.931. The molecule has 0 saturated heterocycles. The molecule has 8 atom stereocenters. The minimum Gasteiger partial charge on any atom is -0.469 e. The van der Waals surface area contributed by atoms with E-state index in [9.17, 15) is 9.59 Å². The second kappa shape index (κ2) is 10.7. The molecule has 4 nitrogen and oxygen atoms in total. The Morgan fingerprint density at radius 1 is 0.879 bits per heavy atom. The largest absolute Gasteiger partial charge is 0.469 e. The molecule has 4 heteroatoms. The molecule has 0 bridgehead atoms. The molecule has 190 valence electrons. The van der Waals surface area contributed by atoms with Crippen LogP contribution in [-0.2, 0) is 19.1 Å². The maximum atomic E-state index is 12.5. The van der Waals surface area contributed by atoms with Crippen molar-refractivity contribution in [1.29, 1.82) is 0 Å². The molecule has 3 aliphatic rings. The Hall–Kier alpha value is -1.06. The highest BCUT2D eigenvalue weighted by molar-refractivity contribution is 5.71. The summed E-state index contributed by atoms with van der Waals surface area (Å²) >= 11 is 0. The third-order valence-electron chi connectivity index (χ3n) is 10.7. The van der Waals surface area contributed by atoms with E-state index in [1.165, 1.54) is 65.6 Å². The van der Waals surface area contributed by atoms with Crippen LogP contribution in [0.4, 0.5) is 0 Å². The average molecular weight is 463 g/mol. The Morgan fingerprint density at radius 2 is 1.58 bits per heavy atom. The van der Waals surface area contributed by atoms with Gasteiger partial charge in [-0.2, -0.15) is 0 Å². The van der Waals surface area contributed by atoms with Crippen LogP contribution < -0.4 is 0 Å². The molecule has 3 rings (SSSR count). The normalized spacial score (nSPS) is 39.0. The SMILES string of the molecule is COC(=O)C[C@@H]1CC[C@H]2[C@H](CC[C@@]3(C)[C@@H]([C@H](C)CCCC(C)C)CC[C@@H]23)[C@@]1(C)CC(=O)OC. The highest BCUT2D eigenvalue weighted by Crippen LogP contribution is 2.67. The van der Waals surface area contributed by atoms with Crippen molar-refractivity contribution >= 4 is 11.9 Å². The monoisotopic (exact) mass is 462 g/mol. The van der Waals surface area contributed by atoms with Gasteiger partial charge in [0.1, 0.15) is 0 Å². The lowest BCUT2D eigenvalue weighted by molar-refractivity contribution is -0.159. The Balaban J connectivity index is 1.79. The van der Waals surface area contributed by atoms with Gasteiger partial charge in [0, 0.05) is 6.42 Å². The molecule has 0 aromatic rings. The van der Waals surface area contributed by atoms with Crippen LogP contribution >= 0.6 is 0 Å². The van der Waals surface area contributed by atoms with Gasteiger partial charge in [0.25, 0.3) is 0 Å². The molecule has 0 aromatic carbocycles. The van der Waals surface area contributed by atoms with Gasteiger partial charge in [-0.3, -0.25) is 9.59 Å². The predicted molar refractivity (Wildman–Crippen MR) is 132 cm³/mol. The number of hydrogen-bond donors (Lipinski definition) is 0. The van der Waals surface area contributed by atoms with E-state index in [0.29, 0.717) is 30.1 Å². The number of hydrogen-bond acceptors (Lipinski definition) is 4. The van der Waals surface area contributed by atoms with Gasteiger partial charge in [0.15, 0.2) is 0 Å². The van der Waals surface area contributed by atoms with Gasteiger partial charge in [0.05, 0.1) is 20.6 Å². The number of rotatable bonds is 9. The zero-order valence-corrected chi connectivity index (χ0v) is 22.5. The van der Waals surface area contributed by atoms with E-state index in [1.807, 2.05) is 0 Å². The van der Waals surface area contributed by atoms with Crippen molar-refractivity contribution < 1.29 is 19.1 Å². The predicted octanol–water partition coefficient (Wildman–Crippen LogP) is 7.05. The quantitative estimate of drug-likeness (QED) is 0.344. The van der Waals surface area contributed by atoms with E-state index >= 15 is 0 Å². The number of methoxy groups -OCH3 is 2. The van der Waals surface area contributed by atoms with Gasteiger partial charge in [-0.05, 0) is 90.8 Å². The summed E-state index contributed by atoms with van der Waals surface area (Å²) < 4.78 is 10.2. The van der Waals surface area contributed by atoms with Crippen molar-refractivity contribution in [1.82, 2.24) is 0 Å². The Labute approximate surface area is 202 Å². The Kier molecular flexibility index (Phi) is 8.60. The maximum absolute atomic E-state index is 12.5. The number of esters is 2.